The van der Waals surface area contributed by atoms with Crippen LogP contribution in [0.25, 0.3) is 0 Å². The van der Waals surface area contributed by atoms with E-state index < -0.39 is 4.92 Å². The first-order valence-electron chi connectivity index (χ1n) is 6.49. The lowest BCUT2D eigenvalue weighted by Crippen LogP contribution is -2.47. The summed E-state index contributed by atoms with van der Waals surface area (Å²) < 4.78 is 0. The van der Waals surface area contributed by atoms with Crippen molar-refractivity contribution in [2.75, 3.05) is 25.0 Å². The summed E-state index contributed by atoms with van der Waals surface area (Å²) >= 11 is 0. The summed E-state index contributed by atoms with van der Waals surface area (Å²) in [5.41, 5.74) is 0.0218. The second-order valence-electron chi connectivity index (χ2n) is 5.16. The van der Waals surface area contributed by atoms with E-state index in [1.54, 1.807) is 12.1 Å². The lowest BCUT2D eigenvalue weighted by atomic mass is 10.0. The van der Waals surface area contributed by atoms with Gasteiger partial charge < -0.3 is 16.0 Å². The minimum atomic E-state index is -0.509. The van der Waals surface area contributed by atoms with Gasteiger partial charge in [-0.3, -0.25) is 14.9 Å². The Morgan fingerprint density at radius 1 is 1.50 bits per heavy atom. The van der Waals surface area contributed by atoms with Gasteiger partial charge in [-0.15, -0.1) is 0 Å². The molecule has 0 aromatic heterocycles. The molecule has 1 aromatic carbocycles. The zero-order valence-electron chi connectivity index (χ0n) is 11.3. The van der Waals surface area contributed by atoms with Crippen molar-refractivity contribution in [3.8, 4) is 0 Å². The molecule has 0 radical (unpaired) electrons. The maximum absolute atomic E-state index is 11.9. The molecule has 0 bridgehead atoms. The Kier molecular flexibility index (Phi) is 4.31. The van der Waals surface area contributed by atoms with Crippen LogP contribution in [0, 0.1) is 10.1 Å². The molecular weight excluding hydrogens is 260 g/mol. The van der Waals surface area contributed by atoms with E-state index >= 15 is 0 Å². The Morgan fingerprint density at radius 3 is 2.90 bits per heavy atom. The average Bonchev–Trinajstić information content (AvgIpc) is 2.84. The molecule has 0 saturated carbocycles. The van der Waals surface area contributed by atoms with Crippen LogP contribution in [0.3, 0.4) is 0 Å². The standard InChI is InChI=1S/C13H18N4O3/c1-13(6-7-14-9-13)15-8-12(18)16-10-4-2-3-5-11(10)17(19)20/h2-5,14-15H,6-9H2,1H3,(H,16,18). The van der Waals surface area contributed by atoms with Crippen molar-refractivity contribution in [2.45, 2.75) is 18.9 Å². The van der Waals surface area contributed by atoms with Gasteiger partial charge in [0.25, 0.3) is 5.69 Å². The second-order valence-corrected chi connectivity index (χ2v) is 5.16. The number of hydrogen-bond acceptors (Lipinski definition) is 5. The van der Waals surface area contributed by atoms with Crippen molar-refractivity contribution in [3.63, 3.8) is 0 Å². The van der Waals surface area contributed by atoms with Gasteiger partial charge in [0.15, 0.2) is 0 Å². The zero-order chi connectivity index (χ0) is 14.6. The molecule has 7 nitrogen and oxygen atoms in total. The van der Waals surface area contributed by atoms with E-state index in [9.17, 15) is 14.9 Å². The van der Waals surface area contributed by atoms with Crippen LogP contribution < -0.4 is 16.0 Å². The molecule has 1 unspecified atom stereocenters. The highest BCUT2D eigenvalue weighted by atomic mass is 16.6. The highest BCUT2D eigenvalue weighted by Crippen LogP contribution is 2.23. The van der Waals surface area contributed by atoms with Gasteiger partial charge in [-0.25, -0.2) is 0 Å². The lowest BCUT2D eigenvalue weighted by Gasteiger charge is -2.24. The van der Waals surface area contributed by atoms with Crippen molar-refractivity contribution < 1.29 is 9.72 Å². The van der Waals surface area contributed by atoms with E-state index in [0.29, 0.717) is 0 Å². The molecule has 1 fully saturated rings. The van der Waals surface area contributed by atoms with Crippen LogP contribution in [-0.4, -0.2) is 36.0 Å². The third kappa shape index (κ3) is 3.52. The molecule has 1 aliphatic rings. The lowest BCUT2D eigenvalue weighted by molar-refractivity contribution is -0.383. The largest absolute Gasteiger partial charge is 0.319 e. The monoisotopic (exact) mass is 278 g/mol. The summed E-state index contributed by atoms with van der Waals surface area (Å²) in [6, 6.07) is 6.11. The number of amides is 1. The smallest absolute Gasteiger partial charge is 0.292 e. The fourth-order valence-electron chi connectivity index (χ4n) is 2.19. The van der Waals surface area contributed by atoms with Gasteiger partial charge in [-0.05, 0) is 26.0 Å². The molecule has 1 amide bonds. The summed E-state index contributed by atoms with van der Waals surface area (Å²) in [6.45, 7) is 3.91. The molecule has 1 saturated heterocycles. The summed E-state index contributed by atoms with van der Waals surface area (Å²) in [5, 5.41) is 19.8. The first kappa shape index (κ1) is 14.4. The van der Waals surface area contributed by atoms with Crippen LogP contribution in [0.4, 0.5) is 11.4 Å². The van der Waals surface area contributed by atoms with E-state index in [2.05, 4.69) is 16.0 Å². The van der Waals surface area contributed by atoms with Crippen LogP contribution in [0.15, 0.2) is 24.3 Å². The minimum Gasteiger partial charge on any atom is -0.319 e. The molecule has 0 spiro atoms. The summed E-state index contributed by atoms with van der Waals surface area (Å²) in [5.74, 6) is -0.285. The van der Waals surface area contributed by atoms with Crippen LogP contribution >= 0.6 is 0 Å². The predicted octanol–water partition coefficient (Wildman–Crippen LogP) is 0.875. The number of benzene rings is 1. The molecule has 1 heterocycles. The highest BCUT2D eigenvalue weighted by Gasteiger charge is 2.28. The van der Waals surface area contributed by atoms with Gasteiger partial charge >= 0.3 is 0 Å². The van der Waals surface area contributed by atoms with Crippen molar-refractivity contribution in [2.24, 2.45) is 0 Å². The second kappa shape index (κ2) is 5.98. The fourth-order valence-corrected chi connectivity index (χ4v) is 2.19. The van der Waals surface area contributed by atoms with Crippen LogP contribution in [0.5, 0.6) is 0 Å². The van der Waals surface area contributed by atoms with E-state index in [-0.39, 0.29) is 29.4 Å². The molecule has 1 aromatic rings. The van der Waals surface area contributed by atoms with Gasteiger partial charge in [0.2, 0.25) is 5.91 Å². The van der Waals surface area contributed by atoms with E-state index in [1.165, 1.54) is 12.1 Å². The van der Waals surface area contributed by atoms with Gasteiger partial charge in [0.1, 0.15) is 5.69 Å². The van der Waals surface area contributed by atoms with Crippen LogP contribution in [-0.2, 0) is 4.79 Å². The maximum Gasteiger partial charge on any atom is 0.292 e. The van der Waals surface area contributed by atoms with E-state index in [4.69, 9.17) is 0 Å². The molecule has 3 N–H and O–H groups in total. The number of para-hydroxylation sites is 2. The number of nitrogens with one attached hydrogen (secondary N) is 3. The SMILES string of the molecule is CC1(NCC(=O)Nc2ccccc2[N+](=O)[O-])CCNC1. The number of nitro groups is 1. The maximum atomic E-state index is 11.9. The topological polar surface area (TPSA) is 96.3 Å². The van der Waals surface area contributed by atoms with E-state index in [1.807, 2.05) is 6.92 Å². The van der Waals surface area contributed by atoms with Gasteiger partial charge in [0.05, 0.1) is 11.5 Å². The molecule has 7 heteroatoms. The Bertz CT molecular complexity index is 512. The summed E-state index contributed by atoms with van der Waals surface area (Å²) in [4.78, 5) is 22.2. The van der Waals surface area contributed by atoms with Gasteiger partial charge in [-0.2, -0.15) is 0 Å². The number of nitrogens with zero attached hydrogens (tertiary/aromatic N) is 1. The summed E-state index contributed by atoms with van der Waals surface area (Å²) in [6.07, 6.45) is 0.950. The predicted molar refractivity (Wildman–Crippen MR) is 75.6 cm³/mol. The van der Waals surface area contributed by atoms with Crippen molar-refractivity contribution in [3.05, 3.63) is 34.4 Å². The number of anilines is 1. The van der Waals surface area contributed by atoms with Crippen molar-refractivity contribution in [1.29, 1.82) is 0 Å². The van der Waals surface area contributed by atoms with Crippen LogP contribution in [0.1, 0.15) is 13.3 Å². The van der Waals surface area contributed by atoms with Crippen molar-refractivity contribution in [1.82, 2.24) is 10.6 Å². The first-order valence-corrected chi connectivity index (χ1v) is 6.49. The van der Waals surface area contributed by atoms with Gasteiger partial charge in [-0.1, -0.05) is 12.1 Å². The normalized spacial score (nSPS) is 21.6. The number of hydrogen-bond donors (Lipinski definition) is 3. The molecule has 1 aliphatic heterocycles. The van der Waals surface area contributed by atoms with Crippen molar-refractivity contribution >= 4 is 17.3 Å². The molecular formula is C13H18N4O3. The third-order valence-electron chi connectivity index (χ3n) is 3.42. The Morgan fingerprint density at radius 2 is 2.25 bits per heavy atom. The fraction of sp³-hybridized carbons (Fsp3) is 0.462. The molecule has 108 valence electrons. The number of carbonyl (C=O) groups excluding carboxylic acids is 1. The van der Waals surface area contributed by atoms with Gasteiger partial charge in [0, 0.05) is 18.2 Å². The molecule has 1 atom stereocenters. The highest BCUT2D eigenvalue weighted by molar-refractivity contribution is 5.94. The molecule has 0 aliphatic carbocycles. The number of nitro benzene ring substituents is 1. The Hall–Kier alpha value is -1.99. The number of rotatable bonds is 5. The minimum absolute atomic E-state index is 0.0973. The zero-order valence-corrected chi connectivity index (χ0v) is 11.3. The third-order valence-corrected chi connectivity index (χ3v) is 3.42. The van der Waals surface area contributed by atoms with Crippen LogP contribution in [0.2, 0.25) is 0 Å². The number of carbonyl (C=O) groups is 1. The first-order chi connectivity index (χ1) is 9.50. The molecule has 20 heavy (non-hydrogen) atoms. The van der Waals surface area contributed by atoms with E-state index in [0.717, 1.165) is 19.5 Å². The summed E-state index contributed by atoms with van der Waals surface area (Å²) in [7, 11) is 0. The average molecular weight is 278 g/mol. The Labute approximate surface area is 116 Å². The quantitative estimate of drug-likeness (QED) is 0.548. The Balaban J connectivity index is 1.93. The molecule has 2 rings (SSSR count).